The third-order valence-electron chi connectivity index (χ3n) is 6.01. The molecule has 1 saturated carbocycles. The Balaban J connectivity index is 1.56. The monoisotopic (exact) mass is 437 g/mol. The quantitative estimate of drug-likeness (QED) is 0.591. The summed E-state index contributed by atoms with van der Waals surface area (Å²) >= 11 is 0. The lowest BCUT2D eigenvalue weighted by molar-refractivity contribution is -0.122. The fraction of sp³-hybridized carbons (Fsp3) is 0.583. The minimum atomic E-state index is -0.184. The van der Waals surface area contributed by atoms with Crippen LogP contribution in [0.1, 0.15) is 77.6 Å². The van der Waals surface area contributed by atoms with Gasteiger partial charge in [0.25, 0.3) is 0 Å². The topological polar surface area (TPSA) is 89.1 Å². The molecular formula is C24H35N7O. The maximum absolute atomic E-state index is 12.2. The van der Waals surface area contributed by atoms with Gasteiger partial charge in [-0.3, -0.25) is 4.79 Å². The van der Waals surface area contributed by atoms with Crippen molar-refractivity contribution >= 4 is 23.1 Å². The van der Waals surface area contributed by atoms with Gasteiger partial charge < -0.3 is 10.6 Å². The summed E-state index contributed by atoms with van der Waals surface area (Å²) in [5.74, 6) is 2.63. The van der Waals surface area contributed by atoms with E-state index in [-0.39, 0.29) is 17.5 Å². The number of aryl methyl sites for hydroxylation is 1. The van der Waals surface area contributed by atoms with E-state index >= 15 is 0 Å². The van der Waals surface area contributed by atoms with E-state index in [1.54, 1.807) is 6.20 Å². The largest absolute Gasteiger partial charge is 0.354 e. The lowest BCUT2D eigenvalue weighted by Gasteiger charge is -2.22. The molecule has 0 radical (unpaired) electrons. The number of carbonyl (C=O) groups excluding carboxylic acids is 1. The first-order valence-corrected chi connectivity index (χ1v) is 11.6. The Bertz CT molecular complexity index is 1110. The number of hydrogen-bond acceptors (Lipinski definition) is 5. The lowest BCUT2D eigenvalue weighted by atomic mass is 9.99. The molecule has 0 saturated heterocycles. The van der Waals surface area contributed by atoms with Gasteiger partial charge in [-0.1, -0.05) is 0 Å². The van der Waals surface area contributed by atoms with Crippen LogP contribution < -0.4 is 10.6 Å². The van der Waals surface area contributed by atoms with Crippen molar-refractivity contribution in [1.29, 1.82) is 0 Å². The predicted molar refractivity (Wildman–Crippen MR) is 126 cm³/mol. The van der Waals surface area contributed by atoms with Crippen molar-refractivity contribution in [2.75, 3.05) is 5.32 Å². The van der Waals surface area contributed by atoms with Gasteiger partial charge in [0.1, 0.15) is 11.3 Å². The van der Waals surface area contributed by atoms with Crippen molar-refractivity contribution in [2.45, 2.75) is 84.7 Å². The number of fused-ring (bicyclic) bond motifs is 1. The molecule has 0 spiro atoms. The number of nitrogens with zero attached hydrogens (tertiary/aromatic N) is 5. The van der Waals surface area contributed by atoms with Crippen molar-refractivity contribution in [3.8, 4) is 0 Å². The van der Waals surface area contributed by atoms with E-state index in [1.807, 2.05) is 37.5 Å². The van der Waals surface area contributed by atoms with Crippen molar-refractivity contribution in [3.63, 3.8) is 0 Å². The van der Waals surface area contributed by atoms with Crippen LogP contribution in [0.4, 0.5) is 11.6 Å². The number of rotatable bonds is 6. The second-order valence-corrected chi connectivity index (χ2v) is 10.4. The Morgan fingerprint density at radius 3 is 2.72 bits per heavy atom. The molecule has 2 atom stereocenters. The van der Waals surface area contributed by atoms with Crippen LogP contribution in [-0.2, 0) is 10.3 Å². The maximum atomic E-state index is 12.2. The molecule has 0 aliphatic heterocycles. The first-order chi connectivity index (χ1) is 15.1. The lowest BCUT2D eigenvalue weighted by Crippen LogP contribution is -2.31. The van der Waals surface area contributed by atoms with E-state index < -0.39 is 0 Å². The average Bonchev–Trinajstić information content (AvgIpc) is 3.38. The van der Waals surface area contributed by atoms with E-state index in [1.165, 1.54) is 0 Å². The summed E-state index contributed by atoms with van der Waals surface area (Å²) < 4.78 is 3.89. The fourth-order valence-electron chi connectivity index (χ4n) is 4.63. The summed E-state index contributed by atoms with van der Waals surface area (Å²) in [6, 6.07) is 4.37. The first kappa shape index (κ1) is 22.3. The second-order valence-electron chi connectivity index (χ2n) is 10.4. The number of amides is 1. The molecular weight excluding hydrogens is 402 g/mol. The van der Waals surface area contributed by atoms with E-state index in [0.717, 1.165) is 47.8 Å². The van der Waals surface area contributed by atoms with Gasteiger partial charge in [-0.2, -0.15) is 10.2 Å². The van der Waals surface area contributed by atoms with E-state index in [9.17, 15) is 4.79 Å². The highest BCUT2D eigenvalue weighted by atomic mass is 16.1. The SMILES string of the molecule is Cc1cc2c(Nc3cc(C4CCC(CC(=O)NC(C)C)C4)nn3C(C)(C)C)nccn2n1. The smallest absolute Gasteiger partial charge is 0.220 e. The third-order valence-corrected chi connectivity index (χ3v) is 6.01. The summed E-state index contributed by atoms with van der Waals surface area (Å²) in [6.07, 6.45) is 7.35. The average molecular weight is 438 g/mol. The molecule has 8 heteroatoms. The molecule has 3 aromatic heterocycles. The number of hydrogen-bond donors (Lipinski definition) is 2. The van der Waals surface area contributed by atoms with Crippen molar-refractivity contribution in [2.24, 2.45) is 5.92 Å². The predicted octanol–water partition coefficient (Wildman–Crippen LogP) is 4.53. The highest BCUT2D eigenvalue weighted by molar-refractivity contribution is 5.76. The Kier molecular flexibility index (Phi) is 5.97. The van der Waals surface area contributed by atoms with E-state index in [4.69, 9.17) is 5.10 Å². The van der Waals surface area contributed by atoms with Crippen molar-refractivity contribution in [3.05, 3.63) is 35.9 Å². The molecule has 1 amide bonds. The minimum absolute atomic E-state index is 0.156. The number of nitrogens with one attached hydrogen (secondary N) is 2. The molecule has 2 N–H and O–H groups in total. The summed E-state index contributed by atoms with van der Waals surface area (Å²) in [5.41, 5.74) is 2.79. The zero-order valence-corrected chi connectivity index (χ0v) is 20.0. The highest BCUT2D eigenvalue weighted by Crippen LogP contribution is 2.41. The molecule has 3 heterocycles. The molecule has 1 aliphatic carbocycles. The minimum Gasteiger partial charge on any atom is -0.354 e. The van der Waals surface area contributed by atoms with Gasteiger partial charge in [0.15, 0.2) is 5.82 Å². The van der Waals surface area contributed by atoms with Crippen LogP contribution in [0.2, 0.25) is 0 Å². The Hall–Kier alpha value is -2.90. The van der Waals surface area contributed by atoms with Crippen LogP contribution in [0.25, 0.3) is 5.52 Å². The normalized spacial score (nSPS) is 19.1. The summed E-state index contributed by atoms with van der Waals surface area (Å²) in [7, 11) is 0. The molecule has 3 aromatic rings. The molecule has 4 rings (SSSR count). The molecule has 2 unspecified atom stereocenters. The first-order valence-electron chi connectivity index (χ1n) is 11.6. The summed E-state index contributed by atoms with van der Waals surface area (Å²) in [4.78, 5) is 16.8. The van der Waals surface area contributed by atoms with Crippen molar-refractivity contribution in [1.82, 2.24) is 29.7 Å². The molecule has 32 heavy (non-hydrogen) atoms. The van der Waals surface area contributed by atoms with Crippen LogP contribution >= 0.6 is 0 Å². The highest BCUT2D eigenvalue weighted by Gasteiger charge is 2.31. The fourth-order valence-corrected chi connectivity index (χ4v) is 4.63. The van der Waals surface area contributed by atoms with Gasteiger partial charge >= 0.3 is 0 Å². The molecule has 172 valence electrons. The van der Waals surface area contributed by atoms with E-state index in [0.29, 0.717) is 18.3 Å². The number of anilines is 2. The zero-order chi connectivity index (χ0) is 23.0. The van der Waals surface area contributed by atoms with Crippen LogP contribution in [-0.4, -0.2) is 36.3 Å². The summed E-state index contributed by atoms with van der Waals surface area (Å²) in [5, 5.41) is 16.0. The van der Waals surface area contributed by atoms with Gasteiger partial charge in [0, 0.05) is 36.8 Å². The van der Waals surface area contributed by atoms with Crippen LogP contribution in [0.3, 0.4) is 0 Å². The van der Waals surface area contributed by atoms with E-state index in [2.05, 4.69) is 52.2 Å². The van der Waals surface area contributed by atoms with Gasteiger partial charge in [0.05, 0.1) is 16.9 Å². The molecule has 1 aliphatic rings. The van der Waals surface area contributed by atoms with Crippen molar-refractivity contribution < 1.29 is 4.79 Å². The third kappa shape index (κ3) is 4.79. The van der Waals surface area contributed by atoms with Gasteiger partial charge in [-0.05, 0) is 72.8 Å². The van der Waals surface area contributed by atoms with Gasteiger partial charge in [-0.15, -0.1) is 0 Å². The van der Waals surface area contributed by atoms with Crippen LogP contribution in [0.5, 0.6) is 0 Å². The number of carbonyl (C=O) groups is 1. The molecule has 0 aromatic carbocycles. The zero-order valence-electron chi connectivity index (χ0n) is 20.0. The Morgan fingerprint density at radius 1 is 1.22 bits per heavy atom. The Morgan fingerprint density at radius 2 is 2.00 bits per heavy atom. The maximum Gasteiger partial charge on any atom is 0.220 e. The molecule has 0 bridgehead atoms. The van der Waals surface area contributed by atoms with Gasteiger partial charge in [0.2, 0.25) is 5.91 Å². The molecule has 8 nitrogen and oxygen atoms in total. The summed E-state index contributed by atoms with van der Waals surface area (Å²) in [6.45, 7) is 12.4. The number of aromatic nitrogens is 5. The molecule has 1 fully saturated rings. The van der Waals surface area contributed by atoms with Gasteiger partial charge in [-0.25, -0.2) is 14.2 Å². The second kappa shape index (κ2) is 8.56. The Labute approximate surface area is 189 Å². The van der Waals surface area contributed by atoms with Crippen LogP contribution in [0.15, 0.2) is 24.5 Å². The standard InChI is InChI=1S/C24H35N7O/c1-15(2)26-22(32)13-17-7-8-18(12-17)19-14-21(31(29-19)24(4,5)6)27-23-20-11-16(3)28-30(20)10-9-25-23/h9-11,14-15,17-18H,7-8,12-13H2,1-6H3,(H,25,27)(H,26,32). The van der Waals surface area contributed by atoms with Crippen LogP contribution in [0, 0.1) is 12.8 Å².